The average Bonchev–Trinajstić information content (AvgIpc) is 2.79. The summed E-state index contributed by atoms with van der Waals surface area (Å²) in [7, 11) is 0. The van der Waals surface area contributed by atoms with Crippen molar-refractivity contribution in [2.24, 2.45) is 10.2 Å². The highest BCUT2D eigenvalue weighted by Crippen LogP contribution is 2.34. The number of phenols is 1. The molecule has 0 saturated heterocycles. The number of phenolic OH excluding ortho intramolecular Hbond substituents is 1. The van der Waals surface area contributed by atoms with Gasteiger partial charge >= 0.3 is 0 Å². The fraction of sp³-hybridized carbons (Fsp3) is 0.200. The molecular weight excluding hydrogens is 372 g/mol. The molecule has 0 aliphatic rings. The summed E-state index contributed by atoms with van der Waals surface area (Å²) in [5, 5.41) is 21.1. The Morgan fingerprint density at radius 1 is 0.933 bits per heavy atom. The quantitative estimate of drug-likeness (QED) is 0.283. The minimum Gasteiger partial charge on any atom is -0.505 e. The van der Waals surface area contributed by atoms with Gasteiger partial charge in [-0.25, -0.2) is 4.98 Å². The molecule has 2 aromatic carbocycles. The Morgan fingerprint density at radius 2 is 1.67 bits per heavy atom. The molecule has 1 N–H and O–H groups in total. The number of aromatic nitrogens is 2. The first kappa shape index (κ1) is 21.1. The van der Waals surface area contributed by atoms with Gasteiger partial charge in [-0.3, -0.25) is 4.98 Å². The van der Waals surface area contributed by atoms with E-state index in [0.29, 0.717) is 11.5 Å². The monoisotopic (exact) mass is 398 g/mol. The average molecular weight is 399 g/mol. The lowest BCUT2D eigenvalue weighted by molar-refractivity contribution is 0.474. The molecular formula is C25H26N4O. The summed E-state index contributed by atoms with van der Waals surface area (Å²) in [6, 6.07) is 15.4. The first-order valence-electron chi connectivity index (χ1n) is 10.2. The van der Waals surface area contributed by atoms with Crippen molar-refractivity contribution in [1.82, 2.24) is 9.97 Å². The molecule has 2 heterocycles. The van der Waals surface area contributed by atoms with E-state index in [1.165, 1.54) is 0 Å². The van der Waals surface area contributed by atoms with Crippen molar-refractivity contribution < 1.29 is 5.11 Å². The van der Waals surface area contributed by atoms with Crippen LogP contribution in [0.5, 0.6) is 5.75 Å². The molecule has 0 spiro atoms. The maximum Gasteiger partial charge on any atom is 0.175 e. The molecule has 152 valence electrons. The lowest BCUT2D eigenvalue weighted by atomic mass is 10.1. The number of benzene rings is 2. The van der Waals surface area contributed by atoms with E-state index in [9.17, 15) is 5.11 Å². The first-order chi connectivity index (χ1) is 14.7. The van der Waals surface area contributed by atoms with Gasteiger partial charge in [0.25, 0.3) is 0 Å². The van der Waals surface area contributed by atoms with Gasteiger partial charge in [0.15, 0.2) is 11.6 Å². The Balaban J connectivity index is 0.00000124. The number of rotatable bonds is 4. The number of hydrogen-bond donors (Lipinski definition) is 1. The number of aryl methyl sites for hydroxylation is 1. The number of hydrogen-bond acceptors (Lipinski definition) is 5. The van der Waals surface area contributed by atoms with Crippen molar-refractivity contribution in [3.8, 4) is 5.75 Å². The van der Waals surface area contributed by atoms with Gasteiger partial charge in [0.2, 0.25) is 0 Å². The molecule has 5 heteroatoms. The van der Waals surface area contributed by atoms with Crippen LogP contribution in [0.2, 0.25) is 0 Å². The van der Waals surface area contributed by atoms with Crippen LogP contribution in [0.1, 0.15) is 38.3 Å². The largest absolute Gasteiger partial charge is 0.505 e. The highest BCUT2D eigenvalue weighted by Gasteiger charge is 2.08. The molecule has 0 unspecified atom stereocenters. The smallest absolute Gasteiger partial charge is 0.175 e. The maximum absolute atomic E-state index is 10.6. The van der Waals surface area contributed by atoms with E-state index >= 15 is 0 Å². The van der Waals surface area contributed by atoms with E-state index < -0.39 is 0 Å². The molecule has 0 aliphatic carbocycles. The zero-order chi connectivity index (χ0) is 21.5. The second-order valence-corrected chi connectivity index (χ2v) is 6.56. The van der Waals surface area contributed by atoms with Gasteiger partial charge in [0.1, 0.15) is 5.69 Å². The first-order valence-corrected chi connectivity index (χ1v) is 10.2. The predicted molar refractivity (Wildman–Crippen MR) is 125 cm³/mol. The third-order valence-electron chi connectivity index (χ3n) is 4.61. The second-order valence-electron chi connectivity index (χ2n) is 6.56. The van der Waals surface area contributed by atoms with Crippen molar-refractivity contribution in [2.75, 3.05) is 0 Å². The van der Waals surface area contributed by atoms with Crippen molar-refractivity contribution >= 4 is 39.4 Å². The van der Waals surface area contributed by atoms with Crippen molar-refractivity contribution in [3.05, 3.63) is 71.9 Å². The summed E-state index contributed by atoms with van der Waals surface area (Å²) in [5.41, 5.74) is 3.79. The number of fused-ring (bicyclic) bond motifs is 3. The molecule has 0 saturated carbocycles. The zero-order valence-electron chi connectivity index (χ0n) is 17.8. The lowest BCUT2D eigenvalue weighted by Gasteiger charge is -2.06. The topological polar surface area (TPSA) is 70.7 Å². The normalized spacial score (nSPS) is 11.3. The van der Waals surface area contributed by atoms with Gasteiger partial charge in [-0.1, -0.05) is 57.2 Å². The van der Waals surface area contributed by atoms with Crippen LogP contribution >= 0.6 is 0 Å². The van der Waals surface area contributed by atoms with Crippen LogP contribution in [0.15, 0.2) is 71.0 Å². The number of pyridine rings is 2. The fourth-order valence-electron chi connectivity index (χ4n) is 3.10. The van der Waals surface area contributed by atoms with Gasteiger partial charge < -0.3 is 5.11 Å². The Bertz CT molecular complexity index is 1230. The third-order valence-corrected chi connectivity index (χ3v) is 4.61. The summed E-state index contributed by atoms with van der Waals surface area (Å²) in [5.74, 6) is 0.595. The SMILES string of the molecule is CC.CC/C=C\c1c(C)ccc(N=Nc2ccc3ccc4cccnc4c3n2)c1O. The summed E-state index contributed by atoms with van der Waals surface area (Å²) in [6.07, 6.45) is 6.57. The molecule has 30 heavy (non-hydrogen) atoms. The molecule has 0 aliphatic heterocycles. The minimum absolute atomic E-state index is 0.126. The Labute approximate surface area is 176 Å². The van der Waals surface area contributed by atoms with Crippen molar-refractivity contribution in [2.45, 2.75) is 34.1 Å². The highest BCUT2D eigenvalue weighted by molar-refractivity contribution is 6.02. The van der Waals surface area contributed by atoms with Gasteiger partial charge in [0.05, 0.1) is 11.0 Å². The van der Waals surface area contributed by atoms with Crippen LogP contribution < -0.4 is 0 Å². The van der Waals surface area contributed by atoms with E-state index in [2.05, 4.69) is 27.1 Å². The minimum atomic E-state index is 0.126. The van der Waals surface area contributed by atoms with Crippen molar-refractivity contribution in [3.63, 3.8) is 0 Å². The van der Waals surface area contributed by atoms with Gasteiger partial charge in [-0.2, -0.15) is 0 Å². The standard InChI is InChI=1S/C23H20N4O.C2H6/c1-3-4-7-18-15(2)8-12-19(23(18)28)26-27-20-13-11-17-10-9-16-6-5-14-24-21(16)22(17)25-20;1-2/h4-14,28H,3H2,1-2H3;1-2H3/b7-4-,27-26?;. The second kappa shape index (κ2) is 9.74. The van der Waals surface area contributed by atoms with E-state index in [-0.39, 0.29) is 5.75 Å². The van der Waals surface area contributed by atoms with E-state index in [1.807, 2.05) is 75.4 Å². The van der Waals surface area contributed by atoms with Crippen molar-refractivity contribution in [1.29, 1.82) is 0 Å². The molecule has 5 nitrogen and oxygen atoms in total. The third kappa shape index (κ3) is 4.35. The summed E-state index contributed by atoms with van der Waals surface area (Å²) < 4.78 is 0. The fourth-order valence-corrected chi connectivity index (χ4v) is 3.10. The van der Waals surface area contributed by atoms with Crippen LogP contribution in [0.3, 0.4) is 0 Å². The van der Waals surface area contributed by atoms with Crippen LogP contribution in [0, 0.1) is 6.92 Å². The number of aromatic hydroxyl groups is 1. The maximum atomic E-state index is 10.6. The van der Waals surface area contributed by atoms with Gasteiger partial charge in [-0.15, -0.1) is 10.2 Å². The summed E-state index contributed by atoms with van der Waals surface area (Å²) in [6.45, 7) is 8.01. The van der Waals surface area contributed by atoms with E-state index in [1.54, 1.807) is 12.3 Å². The molecule has 0 amide bonds. The van der Waals surface area contributed by atoms with Gasteiger partial charge in [-0.05, 0) is 43.2 Å². The molecule has 4 rings (SSSR count). The molecule has 0 radical (unpaired) electrons. The molecule has 0 bridgehead atoms. The van der Waals surface area contributed by atoms with Gasteiger partial charge in [0, 0.05) is 22.5 Å². The molecule has 4 aromatic rings. The number of azo groups is 1. The van der Waals surface area contributed by atoms with E-state index in [4.69, 9.17) is 0 Å². The van der Waals surface area contributed by atoms with Crippen LogP contribution in [-0.4, -0.2) is 15.1 Å². The Hall–Kier alpha value is -3.60. The molecule has 2 aromatic heterocycles. The molecule has 0 atom stereocenters. The zero-order valence-corrected chi connectivity index (χ0v) is 17.8. The van der Waals surface area contributed by atoms with Crippen LogP contribution in [0.4, 0.5) is 11.5 Å². The summed E-state index contributed by atoms with van der Waals surface area (Å²) in [4.78, 5) is 9.07. The molecule has 0 fully saturated rings. The van der Waals surface area contributed by atoms with Crippen LogP contribution in [0.25, 0.3) is 27.9 Å². The number of allylic oxidation sites excluding steroid dienone is 1. The lowest BCUT2D eigenvalue weighted by Crippen LogP contribution is -1.85. The van der Waals surface area contributed by atoms with Crippen LogP contribution in [-0.2, 0) is 0 Å². The summed E-state index contributed by atoms with van der Waals surface area (Å²) >= 11 is 0. The number of nitrogens with zero attached hydrogens (tertiary/aromatic N) is 4. The Morgan fingerprint density at radius 3 is 2.43 bits per heavy atom. The van der Waals surface area contributed by atoms with E-state index in [0.717, 1.165) is 39.4 Å². The highest BCUT2D eigenvalue weighted by atomic mass is 16.3. The predicted octanol–water partition coefficient (Wildman–Crippen LogP) is 7.66. The Kier molecular flexibility index (Phi) is 6.86.